The molecule has 2 aromatic rings. The van der Waals surface area contributed by atoms with Gasteiger partial charge >= 0.3 is 0 Å². The van der Waals surface area contributed by atoms with Crippen molar-refractivity contribution in [1.29, 1.82) is 0 Å². The lowest BCUT2D eigenvalue weighted by Crippen LogP contribution is -2.39. The fourth-order valence-corrected chi connectivity index (χ4v) is 2.90. The number of hydrogen-bond donors (Lipinski definition) is 2. The molecule has 1 aromatic carbocycles. The van der Waals surface area contributed by atoms with Crippen LogP contribution in [-0.4, -0.2) is 23.5 Å². The number of aromatic nitrogens is 1. The third kappa shape index (κ3) is 6.31. The molecule has 1 unspecified atom stereocenters. The number of aryl methyl sites for hydroxylation is 1. The third-order valence-corrected chi connectivity index (χ3v) is 4.39. The maximum atomic E-state index is 11.6. The molecule has 0 radical (unpaired) electrons. The molecule has 25 heavy (non-hydrogen) atoms. The highest BCUT2D eigenvalue weighted by Gasteiger charge is 2.21. The first-order chi connectivity index (χ1) is 12.1. The Morgan fingerprint density at radius 2 is 2.04 bits per heavy atom. The van der Waals surface area contributed by atoms with Gasteiger partial charge in [0, 0.05) is 18.9 Å². The van der Waals surface area contributed by atoms with Crippen LogP contribution in [0.15, 0.2) is 48.8 Å². The van der Waals surface area contributed by atoms with Gasteiger partial charge in [-0.25, -0.2) is 0 Å². The quantitative estimate of drug-likeness (QED) is 0.895. The molecule has 1 fully saturated rings. The van der Waals surface area contributed by atoms with Gasteiger partial charge < -0.3 is 10.6 Å². The number of carbonyl (C=O) groups is 1. The molecule has 4 heteroatoms. The van der Waals surface area contributed by atoms with Gasteiger partial charge in [-0.2, -0.15) is 0 Å². The molecule has 0 bridgehead atoms. The van der Waals surface area contributed by atoms with Crippen molar-refractivity contribution in [2.75, 3.05) is 6.54 Å². The minimum atomic E-state index is 0.0220. The Morgan fingerprint density at radius 1 is 1.28 bits per heavy atom. The number of carbonyl (C=O) groups excluding carboxylic acids is 1. The molecule has 1 aliphatic rings. The second-order valence-corrected chi connectivity index (χ2v) is 6.74. The van der Waals surface area contributed by atoms with E-state index in [1.165, 1.54) is 11.1 Å². The summed E-state index contributed by atoms with van der Waals surface area (Å²) >= 11 is 0. The monoisotopic (exact) mass is 339 g/mol. The molecule has 1 saturated heterocycles. The highest BCUT2D eigenvalue weighted by Crippen LogP contribution is 2.16. The fraction of sp³-hybridized carbons (Fsp3) is 0.429. The van der Waals surface area contributed by atoms with Gasteiger partial charge in [0.05, 0.1) is 6.04 Å². The lowest BCUT2D eigenvalue weighted by molar-refractivity contribution is -0.122. The van der Waals surface area contributed by atoms with E-state index in [1.54, 1.807) is 0 Å². The number of nitrogens with one attached hydrogen (secondary N) is 2. The molecular formula is C21H29N3O. The summed E-state index contributed by atoms with van der Waals surface area (Å²) in [4.78, 5) is 15.7. The average Bonchev–Trinajstić information content (AvgIpc) is 3.16. The fourth-order valence-electron chi connectivity index (χ4n) is 2.90. The van der Waals surface area contributed by atoms with Gasteiger partial charge in [0.25, 0.3) is 0 Å². The lowest BCUT2D eigenvalue weighted by atomic mass is 10.0. The minimum absolute atomic E-state index is 0.0220. The van der Waals surface area contributed by atoms with E-state index in [0.717, 1.165) is 24.9 Å². The summed E-state index contributed by atoms with van der Waals surface area (Å²) in [6, 6.07) is 12.0. The largest absolute Gasteiger partial charge is 0.351 e. The van der Waals surface area contributed by atoms with Crippen LogP contribution in [0.1, 0.15) is 49.3 Å². The van der Waals surface area contributed by atoms with Crippen molar-refractivity contribution in [2.45, 2.75) is 52.1 Å². The lowest BCUT2D eigenvalue weighted by Gasteiger charge is -2.10. The topological polar surface area (TPSA) is 54.0 Å². The maximum absolute atomic E-state index is 11.6. The SMILES string of the molecule is Cc1ccncc1C(C)C.O=C(NCc1ccccc1)C1CCCN1. The zero-order valence-electron chi connectivity index (χ0n) is 15.5. The summed E-state index contributed by atoms with van der Waals surface area (Å²) < 4.78 is 0. The summed E-state index contributed by atoms with van der Waals surface area (Å²) in [7, 11) is 0. The van der Waals surface area contributed by atoms with Gasteiger partial charge in [-0.05, 0) is 55.0 Å². The van der Waals surface area contributed by atoms with Crippen LogP contribution in [0.3, 0.4) is 0 Å². The summed E-state index contributed by atoms with van der Waals surface area (Å²) in [6.45, 7) is 8.08. The Bertz CT molecular complexity index is 649. The molecular weight excluding hydrogens is 310 g/mol. The Balaban J connectivity index is 0.000000196. The highest BCUT2D eigenvalue weighted by atomic mass is 16.2. The van der Waals surface area contributed by atoms with Gasteiger partial charge in [0.2, 0.25) is 5.91 Å². The second kappa shape index (κ2) is 9.94. The first-order valence-corrected chi connectivity index (χ1v) is 9.03. The Hall–Kier alpha value is -2.20. The third-order valence-electron chi connectivity index (χ3n) is 4.39. The average molecular weight is 339 g/mol. The van der Waals surface area contributed by atoms with Gasteiger partial charge in [-0.3, -0.25) is 9.78 Å². The number of benzene rings is 1. The summed E-state index contributed by atoms with van der Waals surface area (Å²) in [5, 5.41) is 6.12. The Kier molecular flexibility index (Phi) is 7.61. The van der Waals surface area contributed by atoms with Crippen LogP contribution < -0.4 is 10.6 Å². The summed E-state index contributed by atoms with van der Waals surface area (Å²) in [5.74, 6) is 0.713. The van der Waals surface area contributed by atoms with Crippen LogP contribution >= 0.6 is 0 Å². The van der Waals surface area contributed by atoms with Crippen LogP contribution in [0, 0.1) is 6.92 Å². The molecule has 3 rings (SSSR count). The van der Waals surface area contributed by atoms with Crippen molar-refractivity contribution in [1.82, 2.24) is 15.6 Å². The van der Waals surface area contributed by atoms with E-state index >= 15 is 0 Å². The van der Waals surface area contributed by atoms with Gasteiger partial charge in [0.15, 0.2) is 0 Å². The zero-order valence-corrected chi connectivity index (χ0v) is 15.5. The molecule has 0 spiro atoms. The van der Waals surface area contributed by atoms with Crippen LogP contribution in [0.5, 0.6) is 0 Å². The van der Waals surface area contributed by atoms with Crippen LogP contribution in [0.4, 0.5) is 0 Å². The molecule has 2 N–H and O–H groups in total. The van der Waals surface area contributed by atoms with Gasteiger partial charge in [-0.15, -0.1) is 0 Å². The summed E-state index contributed by atoms with van der Waals surface area (Å²) in [6.07, 6.45) is 5.84. The normalized spacial score (nSPS) is 16.2. The molecule has 2 heterocycles. The zero-order chi connectivity index (χ0) is 18.1. The second-order valence-electron chi connectivity index (χ2n) is 6.74. The van der Waals surface area contributed by atoms with Crippen molar-refractivity contribution in [3.8, 4) is 0 Å². The minimum Gasteiger partial charge on any atom is -0.351 e. The molecule has 0 aliphatic carbocycles. The van der Waals surface area contributed by atoms with E-state index in [4.69, 9.17) is 0 Å². The van der Waals surface area contributed by atoms with Crippen LogP contribution in [0.2, 0.25) is 0 Å². The maximum Gasteiger partial charge on any atom is 0.237 e. The van der Waals surface area contributed by atoms with Crippen molar-refractivity contribution < 1.29 is 4.79 Å². The summed E-state index contributed by atoms with van der Waals surface area (Å²) in [5.41, 5.74) is 3.83. The Labute approximate surface area is 151 Å². The van der Waals surface area contributed by atoms with E-state index in [0.29, 0.717) is 12.5 Å². The highest BCUT2D eigenvalue weighted by molar-refractivity contribution is 5.81. The predicted octanol–water partition coefficient (Wildman–Crippen LogP) is 3.57. The molecule has 1 aromatic heterocycles. The van der Waals surface area contributed by atoms with E-state index < -0.39 is 0 Å². The molecule has 0 saturated carbocycles. The molecule has 1 atom stereocenters. The predicted molar refractivity (Wildman–Crippen MR) is 102 cm³/mol. The number of nitrogens with zero attached hydrogens (tertiary/aromatic N) is 1. The Morgan fingerprint density at radius 3 is 2.60 bits per heavy atom. The number of hydrogen-bond acceptors (Lipinski definition) is 3. The number of rotatable bonds is 4. The van der Waals surface area contributed by atoms with Crippen LogP contribution in [-0.2, 0) is 11.3 Å². The van der Waals surface area contributed by atoms with Crippen molar-refractivity contribution in [3.05, 3.63) is 65.5 Å². The van der Waals surface area contributed by atoms with E-state index in [-0.39, 0.29) is 11.9 Å². The van der Waals surface area contributed by atoms with Crippen molar-refractivity contribution in [3.63, 3.8) is 0 Å². The van der Waals surface area contributed by atoms with E-state index in [1.807, 2.05) is 42.7 Å². The van der Waals surface area contributed by atoms with Gasteiger partial charge in [-0.1, -0.05) is 44.2 Å². The molecule has 1 amide bonds. The smallest absolute Gasteiger partial charge is 0.237 e. The molecule has 4 nitrogen and oxygen atoms in total. The van der Waals surface area contributed by atoms with Crippen molar-refractivity contribution in [2.24, 2.45) is 0 Å². The van der Waals surface area contributed by atoms with Crippen LogP contribution in [0.25, 0.3) is 0 Å². The standard InChI is InChI=1S/C12H16N2O.C9H13N/c15-12(11-7-4-8-13-11)14-9-10-5-2-1-3-6-10;1-7(2)9-6-10-5-4-8(9)3/h1-3,5-6,11,13H,4,7-9H2,(H,14,15);4-7H,1-3H3. The molecule has 1 aliphatic heterocycles. The van der Waals surface area contributed by atoms with Crippen molar-refractivity contribution >= 4 is 5.91 Å². The van der Waals surface area contributed by atoms with E-state index in [2.05, 4.69) is 42.5 Å². The first kappa shape index (κ1) is 19.1. The van der Waals surface area contributed by atoms with E-state index in [9.17, 15) is 4.79 Å². The number of pyridine rings is 1. The first-order valence-electron chi connectivity index (χ1n) is 9.03. The molecule has 134 valence electrons. The number of amides is 1. The van der Waals surface area contributed by atoms with Gasteiger partial charge in [0.1, 0.15) is 0 Å².